The number of carbonyl (C=O) groups is 1. The molecule has 1 atom stereocenters. The number of aromatic nitrogens is 3. The minimum atomic E-state index is -0.387. The second kappa shape index (κ2) is 7.11. The van der Waals surface area contributed by atoms with Crippen LogP contribution in [0.15, 0.2) is 41.9 Å². The summed E-state index contributed by atoms with van der Waals surface area (Å²) in [7, 11) is 0. The van der Waals surface area contributed by atoms with Crippen molar-refractivity contribution in [3.05, 3.63) is 52.4 Å². The number of hydrogen-bond acceptors (Lipinski definition) is 5. The van der Waals surface area contributed by atoms with E-state index in [-0.39, 0.29) is 18.1 Å². The van der Waals surface area contributed by atoms with Crippen molar-refractivity contribution >= 4 is 23.5 Å². The molecular weight excluding hydrogens is 352 g/mol. The molecule has 1 aliphatic heterocycles. The van der Waals surface area contributed by atoms with Crippen molar-refractivity contribution in [2.75, 3.05) is 5.32 Å². The molecule has 1 aliphatic carbocycles. The first-order valence-corrected chi connectivity index (χ1v) is 9.35. The summed E-state index contributed by atoms with van der Waals surface area (Å²) in [6, 6.07) is 7.06. The van der Waals surface area contributed by atoms with Gasteiger partial charge in [0.1, 0.15) is 18.5 Å². The van der Waals surface area contributed by atoms with Crippen LogP contribution in [-0.4, -0.2) is 26.8 Å². The van der Waals surface area contributed by atoms with Crippen LogP contribution >= 0.6 is 11.6 Å². The average molecular weight is 373 g/mol. The van der Waals surface area contributed by atoms with Gasteiger partial charge in [-0.2, -0.15) is 10.1 Å². The lowest BCUT2D eigenvalue weighted by Gasteiger charge is -2.30. The highest BCUT2D eigenvalue weighted by Gasteiger charge is 2.35. The molecule has 2 heterocycles. The SMILES string of the molecule is CC1=C(C(=O)OC2CCCCC2)C(c2ccc(Cl)cc2)n2ncnc2N1. The van der Waals surface area contributed by atoms with E-state index in [0.29, 0.717) is 16.5 Å². The smallest absolute Gasteiger partial charge is 0.338 e. The third-order valence-corrected chi connectivity index (χ3v) is 5.28. The fourth-order valence-corrected chi connectivity index (χ4v) is 3.83. The van der Waals surface area contributed by atoms with Crippen molar-refractivity contribution in [1.82, 2.24) is 14.8 Å². The van der Waals surface area contributed by atoms with E-state index in [1.54, 1.807) is 4.68 Å². The number of esters is 1. The molecule has 6 nitrogen and oxygen atoms in total. The van der Waals surface area contributed by atoms with E-state index in [2.05, 4.69) is 15.4 Å². The summed E-state index contributed by atoms with van der Waals surface area (Å²) in [5.74, 6) is 0.319. The summed E-state index contributed by atoms with van der Waals surface area (Å²) in [4.78, 5) is 17.3. The Labute approximate surface area is 157 Å². The van der Waals surface area contributed by atoms with Gasteiger partial charge in [0.25, 0.3) is 0 Å². The number of carbonyl (C=O) groups excluding carboxylic acids is 1. The number of ether oxygens (including phenoxy) is 1. The van der Waals surface area contributed by atoms with Crippen molar-refractivity contribution < 1.29 is 9.53 Å². The van der Waals surface area contributed by atoms with E-state index < -0.39 is 0 Å². The maximum atomic E-state index is 13.1. The van der Waals surface area contributed by atoms with E-state index in [1.807, 2.05) is 31.2 Å². The second-order valence-electron chi connectivity index (χ2n) is 6.81. The van der Waals surface area contributed by atoms with Gasteiger partial charge in [0, 0.05) is 10.7 Å². The standard InChI is InChI=1S/C19H21ClN4O2/c1-12-16(18(25)26-15-5-3-2-4-6-15)17(13-7-9-14(20)10-8-13)24-19(23-12)21-11-22-24/h7-11,15,17H,2-6H2,1H3,(H,21,22,23). The van der Waals surface area contributed by atoms with Gasteiger partial charge >= 0.3 is 5.97 Å². The van der Waals surface area contributed by atoms with Gasteiger partial charge in [-0.1, -0.05) is 30.2 Å². The predicted octanol–water partition coefficient (Wildman–Crippen LogP) is 4.10. The number of fused-ring (bicyclic) bond motifs is 1. The Balaban J connectivity index is 1.69. The molecule has 1 N–H and O–H groups in total. The number of anilines is 1. The van der Waals surface area contributed by atoms with Crippen LogP contribution in [0.3, 0.4) is 0 Å². The minimum Gasteiger partial charge on any atom is -0.459 e. The molecule has 0 radical (unpaired) electrons. The molecule has 2 aliphatic rings. The van der Waals surface area contributed by atoms with Crippen LogP contribution in [0.1, 0.15) is 50.6 Å². The Bertz CT molecular complexity index is 837. The van der Waals surface area contributed by atoms with Crippen molar-refractivity contribution in [2.24, 2.45) is 0 Å². The van der Waals surface area contributed by atoms with Gasteiger partial charge in [0.2, 0.25) is 5.95 Å². The van der Waals surface area contributed by atoms with Crippen LogP contribution in [0, 0.1) is 0 Å². The van der Waals surface area contributed by atoms with Crippen LogP contribution in [0.25, 0.3) is 0 Å². The van der Waals surface area contributed by atoms with E-state index in [0.717, 1.165) is 36.9 Å². The molecule has 0 amide bonds. The molecule has 0 spiro atoms. The molecule has 2 aromatic rings. The number of halogens is 1. The molecule has 1 saturated carbocycles. The Hall–Kier alpha value is -2.34. The first kappa shape index (κ1) is 17.1. The lowest BCUT2D eigenvalue weighted by Crippen LogP contribution is -2.32. The summed E-state index contributed by atoms with van der Waals surface area (Å²) < 4.78 is 7.56. The predicted molar refractivity (Wildman–Crippen MR) is 98.9 cm³/mol. The fraction of sp³-hybridized carbons (Fsp3) is 0.421. The number of rotatable bonds is 3. The molecule has 1 fully saturated rings. The molecule has 1 aromatic heterocycles. The van der Waals surface area contributed by atoms with Gasteiger partial charge in [-0.3, -0.25) is 0 Å². The topological polar surface area (TPSA) is 69.0 Å². The van der Waals surface area contributed by atoms with Gasteiger partial charge in [0.15, 0.2) is 0 Å². The van der Waals surface area contributed by atoms with Gasteiger partial charge in [-0.25, -0.2) is 9.48 Å². The van der Waals surface area contributed by atoms with E-state index in [4.69, 9.17) is 16.3 Å². The summed E-state index contributed by atoms with van der Waals surface area (Å²) >= 11 is 6.04. The highest BCUT2D eigenvalue weighted by molar-refractivity contribution is 6.30. The maximum absolute atomic E-state index is 13.1. The second-order valence-corrected chi connectivity index (χ2v) is 7.25. The van der Waals surface area contributed by atoms with Gasteiger partial charge in [-0.15, -0.1) is 0 Å². The van der Waals surface area contributed by atoms with Crippen molar-refractivity contribution in [2.45, 2.75) is 51.2 Å². The lowest BCUT2D eigenvalue weighted by molar-refractivity contribution is -0.146. The number of nitrogens with one attached hydrogen (secondary N) is 1. The first-order chi connectivity index (χ1) is 12.6. The van der Waals surface area contributed by atoms with Crippen LogP contribution < -0.4 is 5.32 Å². The van der Waals surface area contributed by atoms with Crippen molar-refractivity contribution in [3.63, 3.8) is 0 Å². The number of nitrogens with zero attached hydrogens (tertiary/aromatic N) is 3. The van der Waals surface area contributed by atoms with E-state index in [1.165, 1.54) is 12.7 Å². The molecule has 4 rings (SSSR count). The van der Waals surface area contributed by atoms with E-state index in [9.17, 15) is 4.79 Å². The van der Waals surface area contributed by atoms with Crippen LogP contribution in [0.4, 0.5) is 5.95 Å². The largest absolute Gasteiger partial charge is 0.459 e. The summed E-state index contributed by atoms with van der Waals surface area (Å²) in [5, 5.41) is 8.13. The number of benzene rings is 1. The average Bonchev–Trinajstić information content (AvgIpc) is 3.10. The number of hydrogen-bond donors (Lipinski definition) is 1. The number of allylic oxidation sites excluding steroid dienone is 1. The molecule has 0 bridgehead atoms. The third kappa shape index (κ3) is 3.21. The highest BCUT2D eigenvalue weighted by atomic mass is 35.5. The highest BCUT2D eigenvalue weighted by Crippen LogP contribution is 2.36. The Morgan fingerprint density at radius 2 is 1.96 bits per heavy atom. The molecule has 7 heteroatoms. The molecular formula is C19H21ClN4O2. The zero-order chi connectivity index (χ0) is 18.1. The molecule has 1 unspecified atom stereocenters. The van der Waals surface area contributed by atoms with Crippen molar-refractivity contribution in [3.8, 4) is 0 Å². The monoisotopic (exact) mass is 372 g/mol. The molecule has 1 aromatic carbocycles. The van der Waals surface area contributed by atoms with Gasteiger partial charge in [-0.05, 0) is 50.3 Å². The van der Waals surface area contributed by atoms with Gasteiger partial charge < -0.3 is 10.1 Å². The quantitative estimate of drug-likeness (QED) is 0.821. The minimum absolute atomic E-state index is 0.000406. The van der Waals surface area contributed by atoms with Crippen LogP contribution in [0.5, 0.6) is 0 Å². The first-order valence-electron chi connectivity index (χ1n) is 8.97. The molecule has 0 saturated heterocycles. The lowest BCUT2D eigenvalue weighted by atomic mass is 9.95. The molecule has 136 valence electrons. The van der Waals surface area contributed by atoms with Crippen LogP contribution in [0.2, 0.25) is 5.02 Å². The summed E-state index contributed by atoms with van der Waals surface area (Å²) in [5.41, 5.74) is 2.22. The van der Waals surface area contributed by atoms with Crippen molar-refractivity contribution in [1.29, 1.82) is 0 Å². The zero-order valence-electron chi connectivity index (χ0n) is 14.6. The fourth-order valence-electron chi connectivity index (χ4n) is 3.71. The Morgan fingerprint density at radius 1 is 1.23 bits per heavy atom. The normalized spacial score (nSPS) is 20.5. The van der Waals surface area contributed by atoms with E-state index >= 15 is 0 Å². The zero-order valence-corrected chi connectivity index (χ0v) is 15.4. The summed E-state index contributed by atoms with van der Waals surface area (Å²) in [6.07, 6.45) is 6.79. The maximum Gasteiger partial charge on any atom is 0.338 e. The molecule has 26 heavy (non-hydrogen) atoms. The third-order valence-electron chi connectivity index (χ3n) is 5.03. The van der Waals surface area contributed by atoms with Gasteiger partial charge in [0.05, 0.1) is 5.57 Å². The van der Waals surface area contributed by atoms with Crippen LogP contribution in [-0.2, 0) is 9.53 Å². The summed E-state index contributed by atoms with van der Waals surface area (Å²) in [6.45, 7) is 1.87. The Morgan fingerprint density at radius 3 is 2.69 bits per heavy atom. The Kier molecular flexibility index (Phi) is 4.68.